The summed E-state index contributed by atoms with van der Waals surface area (Å²) in [6, 6.07) is 0. The highest BCUT2D eigenvalue weighted by Crippen LogP contribution is 2.40. The molecule has 2 aliphatic carbocycles. The molecule has 0 radical (unpaired) electrons. The zero-order chi connectivity index (χ0) is 9.97. The van der Waals surface area contributed by atoms with Gasteiger partial charge in [0.2, 0.25) is 0 Å². The molecule has 0 unspecified atom stereocenters. The SMILES string of the molecule is O=C(O)C1CCC(C2CCCC2)CC1. The summed E-state index contributed by atoms with van der Waals surface area (Å²) in [5.74, 6) is 1.18. The largest absolute Gasteiger partial charge is 0.481 e. The monoisotopic (exact) mass is 196 g/mol. The second-order valence-corrected chi connectivity index (χ2v) is 4.99. The van der Waals surface area contributed by atoms with Crippen LogP contribution in [0.2, 0.25) is 0 Å². The molecule has 0 amide bonds. The van der Waals surface area contributed by atoms with Crippen LogP contribution in [-0.4, -0.2) is 11.1 Å². The number of hydrogen-bond acceptors (Lipinski definition) is 1. The molecule has 80 valence electrons. The highest BCUT2D eigenvalue weighted by atomic mass is 16.4. The molecule has 14 heavy (non-hydrogen) atoms. The average Bonchev–Trinajstić information content (AvgIpc) is 2.71. The van der Waals surface area contributed by atoms with Crippen molar-refractivity contribution in [3.05, 3.63) is 0 Å². The van der Waals surface area contributed by atoms with E-state index >= 15 is 0 Å². The van der Waals surface area contributed by atoms with Crippen LogP contribution >= 0.6 is 0 Å². The molecule has 2 rings (SSSR count). The minimum absolute atomic E-state index is 0.0346. The van der Waals surface area contributed by atoms with E-state index < -0.39 is 5.97 Å². The predicted molar refractivity (Wildman–Crippen MR) is 55.0 cm³/mol. The maximum Gasteiger partial charge on any atom is 0.306 e. The van der Waals surface area contributed by atoms with Crippen molar-refractivity contribution in [3.8, 4) is 0 Å². The van der Waals surface area contributed by atoms with E-state index in [0.717, 1.165) is 24.7 Å². The number of carboxylic acid groups (broad SMARTS) is 1. The Morgan fingerprint density at radius 2 is 1.36 bits per heavy atom. The van der Waals surface area contributed by atoms with Gasteiger partial charge in [-0.05, 0) is 37.5 Å². The molecule has 2 heteroatoms. The Hall–Kier alpha value is -0.530. The van der Waals surface area contributed by atoms with Gasteiger partial charge < -0.3 is 5.11 Å². The van der Waals surface area contributed by atoms with Gasteiger partial charge in [0.05, 0.1) is 5.92 Å². The van der Waals surface area contributed by atoms with Crippen molar-refractivity contribution in [2.24, 2.45) is 17.8 Å². The van der Waals surface area contributed by atoms with Crippen molar-refractivity contribution in [1.29, 1.82) is 0 Å². The molecule has 0 bridgehead atoms. The summed E-state index contributed by atoms with van der Waals surface area (Å²) in [7, 11) is 0. The molecule has 0 atom stereocenters. The maximum absolute atomic E-state index is 10.8. The zero-order valence-electron chi connectivity index (χ0n) is 8.74. The van der Waals surface area contributed by atoms with E-state index in [9.17, 15) is 4.79 Å². The van der Waals surface area contributed by atoms with E-state index in [1.165, 1.54) is 38.5 Å². The van der Waals surface area contributed by atoms with Crippen molar-refractivity contribution in [1.82, 2.24) is 0 Å². The second kappa shape index (κ2) is 4.33. The number of carboxylic acids is 1. The van der Waals surface area contributed by atoms with Gasteiger partial charge >= 0.3 is 5.97 Å². The summed E-state index contributed by atoms with van der Waals surface area (Å²) in [6.07, 6.45) is 9.81. The topological polar surface area (TPSA) is 37.3 Å². The normalized spacial score (nSPS) is 34.6. The van der Waals surface area contributed by atoms with Crippen LogP contribution in [0.4, 0.5) is 0 Å². The van der Waals surface area contributed by atoms with Gasteiger partial charge in [-0.2, -0.15) is 0 Å². The fourth-order valence-corrected chi connectivity index (χ4v) is 3.27. The molecule has 0 aromatic rings. The molecule has 0 heterocycles. The van der Waals surface area contributed by atoms with E-state index in [2.05, 4.69) is 0 Å². The Morgan fingerprint density at radius 3 is 1.86 bits per heavy atom. The highest BCUT2D eigenvalue weighted by Gasteiger charge is 2.31. The smallest absolute Gasteiger partial charge is 0.306 e. The second-order valence-electron chi connectivity index (χ2n) is 4.99. The van der Waals surface area contributed by atoms with Gasteiger partial charge in [0.25, 0.3) is 0 Å². The lowest BCUT2D eigenvalue weighted by atomic mass is 9.75. The van der Waals surface area contributed by atoms with Crippen LogP contribution in [0, 0.1) is 17.8 Å². The number of aliphatic carboxylic acids is 1. The molecule has 0 aromatic carbocycles. The predicted octanol–water partition coefficient (Wildman–Crippen LogP) is 3.07. The molecule has 0 aliphatic heterocycles. The maximum atomic E-state index is 10.8. The standard InChI is InChI=1S/C12H20O2/c13-12(14)11-7-5-10(6-8-11)9-3-1-2-4-9/h9-11H,1-8H2,(H,13,14). The molecular formula is C12H20O2. The first-order valence-electron chi connectivity index (χ1n) is 6.00. The van der Waals surface area contributed by atoms with Crippen LogP contribution in [-0.2, 0) is 4.79 Å². The molecule has 2 nitrogen and oxygen atoms in total. The Labute approximate surface area is 85.7 Å². The Bertz CT molecular complexity index is 198. The molecule has 2 aliphatic rings. The molecule has 2 fully saturated rings. The fourth-order valence-electron chi connectivity index (χ4n) is 3.27. The summed E-state index contributed by atoms with van der Waals surface area (Å²) in [5.41, 5.74) is 0. The highest BCUT2D eigenvalue weighted by molar-refractivity contribution is 5.69. The van der Waals surface area contributed by atoms with Gasteiger partial charge in [-0.1, -0.05) is 25.7 Å². The van der Waals surface area contributed by atoms with Crippen LogP contribution in [0.1, 0.15) is 51.4 Å². The van der Waals surface area contributed by atoms with Crippen LogP contribution in [0.15, 0.2) is 0 Å². The van der Waals surface area contributed by atoms with E-state index in [4.69, 9.17) is 5.11 Å². The van der Waals surface area contributed by atoms with Gasteiger partial charge in [-0.25, -0.2) is 0 Å². The summed E-state index contributed by atoms with van der Waals surface area (Å²) in [5, 5.41) is 8.89. The lowest BCUT2D eigenvalue weighted by Crippen LogP contribution is -2.24. The van der Waals surface area contributed by atoms with E-state index in [0.29, 0.717) is 0 Å². The van der Waals surface area contributed by atoms with E-state index in [1.54, 1.807) is 0 Å². The first-order valence-corrected chi connectivity index (χ1v) is 6.00. The van der Waals surface area contributed by atoms with Gasteiger partial charge in [-0.3, -0.25) is 4.79 Å². The van der Waals surface area contributed by atoms with Crippen molar-refractivity contribution >= 4 is 5.97 Å². The number of rotatable bonds is 2. The first kappa shape index (κ1) is 10.0. The molecule has 0 spiro atoms. The number of carbonyl (C=O) groups is 1. The molecule has 1 N–H and O–H groups in total. The van der Waals surface area contributed by atoms with Gasteiger partial charge in [0, 0.05) is 0 Å². The third-order valence-corrected chi connectivity index (χ3v) is 4.19. The fraction of sp³-hybridized carbons (Fsp3) is 0.917. The van der Waals surface area contributed by atoms with Crippen LogP contribution < -0.4 is 0 Å². The lowest BCUT2D eigenvalue weighted by molar-refractivity contribution is -0.143. The van der Waals surface area contributed by atoms with E-state index in [-0.39, 0.29) is 5.92 Å². The van der Waals surface area contributed by atoms with Crippen LogP contribution in [0.3, 0.4) is 0 Å². The van der Waals surface area contributed by atoms with E-state index in [1.807, 2.05) is 0 Å². The van der Waals surface area contributed by atoms with Gasteiger partial charge in [0.15, 0.2) is 0 Å². The summed E-state index contributed by atoms with van der Waals surface area (Å²) < 4.78 is 0. The van der Waals surface area contributed by atoms with Gasteiger partial charge in [-0.15, -0.1) is 0 Å². The molecule has 0 saturated heterocycles. The average molecular weight is 196 g/mol. The quantitative estimate of drug-likeness (QED) is 0.737. The Kier molecular flexibility index (Phi) is 3.09. The molecule has 0 aromatic heterocycles. The van der Waals surface area contributed by atoms with Crippen molar-refractivity contribution in [2.45, 2.75) is 51.4 Å². The zero-order valence-corrected chi connectivity index (χ0v) is 8.74. The summed E-state index contributed by atoms with van der Waals surface area (Å²) in [6.45, 7) is 0. The minimum atomic E-state index is -0.574. The van der Waals surface area contributed by atoms with Crippen molar-refractivity contribution in [3.63, 3.8) is 0 Å². The Morgan fingerprint density at radius 1 is 0.857 bits per heavy atom. The Balaban J connectivity index is 1.80. The van der Waals surface area contributed by atoms with Crippen molar-refractivity contribution in [2.75, 3.05) is 0 Å². The van der Waals surface area contributed by atoms with Crippen LogP contribution in [0.5, 0.6) is 0 Å². The molecule has 2 saturated carbocycles. The lowest BCUT2D eigenvalue weighted by Gasteiger charge is -2.30. The number of hydrogen-bond donors (Lipinski definition) is 1. The van der Waals surface area contributed by atoms with Crippen molar-refractivity contribution < 1.29 is 9.90 Å². The first-order chi connectivity index (χ1) is 6.77. The summed E-state index contributed by atoms with van der Waals surface area (Å²) >= 11 is 0. The minimum Gasteiger partial charge on any atom is -0.481 e. The molecular weight excluding hydrogens is 176 g/mol. The third-order valence-electron chi connectivity index (χ3n) is 4.19. The van der Waals surface area contributed by atoms with Gasteiger partial charge in [0.1, 0.15) is 0 Å². The van der Waals surface area contributed by atoms with Crippen LogP contribution in [0.25, 0.3) is 0 Å². The third kappa shape index (κ3) is 2.10. The summed E-state index contributed by atoms with van der Waals surface area (Å²) in [4.78, 5) is 10.8.